The van der Waals surface area contributed by atoms with Gasteiger partial charge in [0.15, 0.2) is 0 Å². The largest absolute Gasteiger partial charge is 0.398 e. The Labute approximate surface area is 152 Å². The van der Waals surface area contributed by atoms with E-state index in [0.29, 0.717) is 5.56 Å². The van der Waals surface area contributed by atoms with Gasteiger partial charge < -0.3 is 5.73 Å². The van der Waals surface area contributed by atoms with Crippen LogP contribution in [0.25, 0.3) is 5.57 Å². The third kappa shape index (κ3) is 5.46. The summed E-state index contributed by atoms with van der Waals surface area (Å²) in [4.78, 5) is 4.50. The van der Waals surface area contributed by atoms with Crippen LogP contribution < -0.4 is 5.73 Å². The highest BCUT2D eigenvalue weighted by molar-refractivity contribution is 5.85. The summed E-state index contributed by atoms with van der Waals surface area (Å²) in [6.07, 6.45) is 6.92. The number of allylic oxidation sites excluding steroid dienone is 4. The molecule has 0 saturated heterocycles. The molecule has 0 aromatic heterocycles. The highest BCUT2D eigenvalue weighted by Gasteiger charge is 2.15. The van der Waals surface area contributed by atoms with Gasteiger partial charge in [-0.05, 0) is 62.5 Å². The van der Waals surface area contributed by atoms with E-state index in [1.807, 2.05) is 38.1 Å². The van der Waals surface area contributed by atoms with Crippen molar-refractivity contribution in [1.29, 1.82) is 5.26 Å². The molecular weight excluding hydrogens is 306 g/mol. The Morgan fingerprint density at radius 2 is 1.84 bits per heavy atom. The van der Waals surface area contributed by atoms with Crippen molar-refractivity contribution < 1.29 is 0 Å². The van der Waals surface area contributed by atoms with Crippen LogP contribution in [-0.2, 0) is 0 Å². The standard InChI is InChI=1S/C22H29N3/c1-6-9-10-20(19-13-11-18(15-23)12-14-19)21(17(5)25-8-3)22(24)16(4)7-2/h8,10-14H,6-7,9,24H2,1-5H3/b20-10-,21-17-,22-16-,25-8?. The first-order valence-corrected chi connectivity index (χ1v) is 8.86. The van der Waals surface area contributed by atoms with Gasteiger partial charge in [0.05, 0.1) is 11.6 Å². The number of nitrogens with two attached hydrogens (primary N) is 1. The summed E-state index contributed by atoms with van der Waals surface area (Å²) in [5.41, 5.74) is 13.1. The second-order valence-electron chi connectivity index (χ2n) is 5.99. The predicted octanol–water partition coefficient (Wildman–Crippen LogP) is 5.75. The first-order chi connectivity index (χ1) is 12.0. The molecule has 0 bridgehead atoms. The van der Waals surface area contributed by atoms with E-state index in [4.69, 9.17) is 11.0 Å². The van der Waals surface area contributed by atoms with E-state index in [2.05, 4.69) is 37.9 Å². The molecule has 0 heterocycles. The van der Waals surface area contributed by atoms with E-state index < -0.39 is 0 Å². The van der Waals surface area contributed by atoms with Gasteiger partial charge in [0.25, 0.3) is 0 Å². The van der Waals surface area contributed by atoms with Crippen molar-refractivity contribution in [3.8, 4) is 6.07 Å². The second-order valence-corrected chi connectivity index (χ2v) is 5.99. The van der Waals surface area contributed by atoms with E-state index in [1.165, 1.54) is 0 Å². The SMILES string of the molecule is CC=N/C(C)=C(C(=C\CCC)/c1ccc(C#N)cc1)\C(N)=C(/C)CC. The number of nitrogens with zero attached hydrogens (tertiary/aromatic N) is 2. The second kappa shape index (κ2) is 10.3. The molecule has 132 valence electrons. The normalized spacial score (nSPS) is 14.2. The molecule has 0 atom stereocenters. The van der Waals surface area contributed by atoms with Crippen LogP contribution in [0.3, 0.4) is 0 Å². The number of hydrogen-bond acceptors (Lipinski definition) is 3. The molecule has 1 aromatic carbocycles. The average molecular weight is 335 g/mol. The van der Waals surface area contributed by atoms with Gasteiger partial charge in [0.1, 0.15) is 0 Å². The molecule has 0 radical (unpaired) electrons. The number of hydrogen-bond donors (Lipinski definition) is 1. The molecule has 3 nitrogen and oxygen atoms in total. The summed E-state index contributed by atoms with van der Waals surface area (Å²) in [7, 11) is 0. The molecule has 0 aliphatic rings. The van der Waals surface area contributed by atoms with E-state index in [-0.39, 0.29) is 0 Å². The molecule has 0 spiro atoms. The van der Waals surface area contributed by atoms with E-state index in [0.717, 1.165) is 52.9 Å². The Bertz CT molecular complexity index is 738. The fourth-order valence-corrected chi connectivity index (χ4v) is 2.57. The molecule has 1 aromatic rings. The van der Waals surface area contributed by atoms with Crippen LogP contribution in [0, 0.1) is 11.3 Å². The van der Waals surface area contributed by atoms with Crippen LogP contribution in [0.4, 0.5) is 0 Å². The smallest absolute Gasteiger partial charge is 0.0991 e. The number of benzene rings is 1. The highest BCUT2D eigenvalue weighted by atomic mass is 14.7. The molecule has 0 aliphatic carbocycles. The summed E-state index contributed by atoms with van der Waals surface area (Å²) in [5.74, 6) is 0. The van der Waals surface area contributed by atoms with Gasteiger partial charge in [-0.3, -0.25) is 4.99 Å². The summed E-state index contributed by atoms with van der Waals surface area (Å²) in [6.45, 7) is 10.2. The van der Waals surface area contributed by atoms with Gasteiger partial charge in [0, 0.05) is 23.2 Å². The Balaban J connectivity index is 3.66. The first kappa shape index (κ1) is 20.4. The molecule has 0 aliphatic heterocycles. The quantitative estimate of drug-likeness (QED) is 0.509. The van der Waals surface area contributed by atoms with Crippen molar-refractivity contribution in [2.45, 2.75) is 53.9 Å². The molecule has 1 rings (SSSR count). The van der Waals surface area contributed by atoms with Crippen molar-refractivity contribution >= 4 is 11.8 Å². The molecule has 0 unspecified atom stereocenters. The van der Waals surface area contributed by atoms with Crippen LogP contribution in [-0.4, -0.2) is 6.21 Å². The summed E-state index contributed by atoms with van der Waals surface area (Å²) < 4.78 is 0. The molecule has 3 heteroatoms. The zero-order chi connectivity index (χ0) is 18.8. The van der Waals surface area contributed by atoms with Crippen LogP contribution in [0.1, 0.15) is 65.0 Å². The van der Waals surface area contributed by atoms with E-state index in [9.17, 15) is 0 Å². The van der Waals surface area contributed by atoms with Crippen molar-refractivity contribution in [2.24, 2.45) is 10.7 Å². The van der Waals surface area contributed by atoms with Crippen LogP contribution in [0.15, 0.2) is 57.9 Å². The van der Waals surface area contributed by atoms with E-state index in [1.54, 1.807) is 6.21 Å². The maximum atomic E-state index is 9.05. The molecule has 0 amide bonds. The monoisotopic (exact) mass is 335 g/mol. The van der Waals surface area contributed by atoms with Gasteiger partial charge in [-0.1, -0.05) is 38.5 Å². The van der Waals surface area contributed by atoms with Gasteiger partial charge in [-0.2, -0.15) is 5.26 Å². The lowest BCUT2D eigenvalue weighted by Crippen LogP contribution is -2.08. The van der Waals surface area contributed by atoms with Crippen molar-refractivity contribution in [3.63, 3.8) is 0 Å². The maximum absolute atomic E-state index is 9.05. The van der Waals surface area contributed by atoms with Crippen LogP contribution >= 0.6 is 0 Å². The Hall–Kier alpha value is -2.60. The molecule has 0 saturated carbocycles. The number of unbranched alkanes of at least 4 members (excludes halogenated alkanes) is 1. The van der Waals surface area contributed by atoms with Gasteiger partial charge in [-0.15, -0.1) is 0 Å². The summed E-state index contributed by atoms with van der Waals surface area (Å²) in [5, 5.41) is 9.05. The lowest BCUT2D eigenvalue weighted by atomic mass is 9.90. The third-order valence-electron chi connectivity index (χ3n) is 4.18. The highest BCUT2D eigenvalue weighted by Crippen LogP contribution is 2.32. The molecule has 0 fully saturated rings. The molecule has 25 heavy (non-hydrogen) atoms. The third-order valence-corrected chi connectivity index (χ3v) is 4.18. The maximum Gasteiger partial charge on any atom is 0.0991 e. The van der Waals surface area contributed by atoms with E-state index >= 15 is 0 Å². The number of rotatable bonds is 7. The minimum Gasteiger partial charge on any atom is -0.398 e. The van der Waals surface area contributed by atoms with Gasteiger partial charge >= 0.3 is 0 Å². The Morgan fingerprint density at radius 3 is 2.32 bits per heavy atom. The number of nitriles is 1. The van der Waals surface area contributed by atoms with Crippen molar-refractivity contribution in [3.05, 3.63) is 64.0 Å². The Morgan fingerprint density at radius 1 is 1.20 bits per heavy atom. The lowest BCUT2D eigenvalue weighted by Gasteiger charge is -2.18. The van der Waals surface area contributed by atoms with Crippen molar-refractivity contribution in [1.82, 2.24) is 0 Å². The van der Waals surface area contributed by atoms with Gasteiger partial charge in [0.2, 0.25) is 0 Å². The topological polar surface area (TPSA) is 62.2 Å². The lowest BCUT2D eigenvalue weighted by molar-refractivity contribution is 0.958. The van der Waals surface area contributed by atoms with Crippen molar-refractivity contribution in [2.75, 3.05) is 0 Å². The minimum absolute atomic E-state index is 0.653. The van der Waals surface area contributed by atoms with Gasteiger partial charge in [-0.25, -0.2) is 0 Å². The Kier molecular flexibility index (Phi) is 8.43. The summed E-state index contributed by atoms with van der Waals surface area (Å²) >= 11 is 0. The minimum atomic E-state index is 0.653. The predicted molar refractivity (Wildman–Crippen MR) is 108 cm³/mol. The molecular formula is C22H29N3. The van der Waals surface area contributed by atoms with Crippen LogP contribution in [0.2, 0.25) is 0 Å². The zero-order valence-corrected chi connectivity index (χ0v) is 16.1. The molecule has 2 N–H and O–H groups in total. The number of aliphatic imine (C=N–C) groups is 1. The van der Waals surface area contributed by atoms with Crippen LogP contribution in [0.5, 0.6) is 0 Å². The fraction of sp³-hybridized carbons (Fsp3) is 0.364. The fourth-order valence-electron chi connectivity index (χ4n) is 2.57. The first-order valence-electron chi connectivity index (χ1n) is 8.86. The zero-order valence-electron chi connectivity index (χ0n) is 16.1. The summed E-state index contributed by atoms with van der Waals surface area (Å²) in [6, 6.07) is 9.83. The average Bonchev–Trinajstić information content (AvgIpc) is 2.64.